The van der Waals surface area contributed by atoms with Crippen molar-refractivity contribution in [3.8, 4) is 0 Å². The normalized spacial score (nSPS) is 11.2. The maximum absolute atomic E-state index is 11.6. The van der Waals surface area contributed by atoms with Crippen LogP contribution in [-0.4, -0.2) is 29.0 Å². The lowest BCUT2D eigenvalue weighted by molar-refractivity contribution is -0.159. The standard InChI is InChI=1S/C6H6F3N3O3/c1-3-10-4(15-12-3)11-5(13)14-2-6(7,8)9/h2H2,1H3,(H,10,11,12,13). The third-order valence-corrected chi connectivity index (χ3v) is 1.10. The fraction of sp³-hybridized carbons (Fsp3) is 0.500. The summed E-state index contributed by atoms with van der Waals surface area (Å²) in [4.78, 5) is 14.2. The van der Waals surface area contributed by atoms with Crippen molar-refractivity contribution in [1.82, 2.24) is 10.1 Å². The number of nitrogens with one attached hydrogen (secondary N) is 1. The Balaban J connectivity index is 2.37. The van der Waals surface area contributed by atoms with Gasteiger partial charge in [0.05, 0.1) is 0 Å². The summed E-state index contributed by atoms with van der Waals surface area (Å²) >= 11 is 0. The summed E-state index contributed by atoms with van der Waals surface area (Å²) < 4.78 is 43.0. The first-order valence-electron chi connectivity index (χ1n) is 3.67. The monoisotopic (exact) mass is 225 g/mol. The average molecular weight is 225 g/mol. The van der Waals surface area contributed by atoms with Crippen LogP contribution in [0, 0.1) is 6.92 Å². The third kappa shape index (κ3) is 4.29. The van der Waals surface area contributed by atoms with E-state index in [0.717, 1.165) is 0 Å². The molecule has 1 amide bonds. The molecule has 0 aliphatic heterocycles. The molecule has 15 heavy (non-hydrogen) atoms. The molecule has 1 rings (SSSR count). The highest BCUT2D eigenvalue weighted by Gasteiger charge is 2.29. The Bertz CT molecular complexity index is 349. The Kier molecular flexibility index (Phi) is 3.12. The van der Waals surface area contributed by atoms with Gasteiger partial charge in [-0.25, -0.2) is 10.1 Å². The van der Waals surface area contributed by atoms with Crippen LogP contribution >= 0.6 is 0 Å². The molecule has 1 N–H and O–H groups in total. The zero-order valence-corrected chi connectivity index (χ0v) is 7.46. The second-order valence-electron chi connectivity index (χ2n) is 2.46. The minimum Gasteiger partial charge on any atom is -0.440 e. The number of nitrogens with zero attached hydrogens (tertiary/aromatic N) is 2. The van der Waals surface area contributed by atoms with Crippen LogP contribution in [-0.2, 0) is 4.74 Å². The maximum Gasteiger partial charge on any atom is 0.422 e. The van der Waals surface area contributed by atoms with Crippen molar-refractivity contribution in [3.05, 3.63) is 5.82 Å². The predicted molar refractivity (Wildman–Crippen MR) is 40.1 cm³/mol. The number of amides is 1. The number of aromatic nitrogens is 2. The SMILES string of the molecule is Cc1noc(NC(=O)OCC(F)(F)F)n1. The summed E-state index contributed by atoms with van der Waals surface area (Å²) in [6.07, 6.45) is -5.88. The molecular weight excluding hydrogens is 219 g/mol. The fourth-order valence-corrected chi connectivity index (χ4v) is 0.619. The van der Waals surface area contributed by atoms with Gasteiger partial charge < -0.3 is 9.26 Å². The zero-order valence-electron chi connectivity index (χ0n) is 7.46. The van der Waals surface area contributed by atoms with Crippen LogP contribution in [0.1, 0.15) is 5.82 Å². The maximum atomic E-state index is 11.6. The second kappa shape index (κ2) is 4.15. The Labute approximate surface area is 81.4 Å². The lowest BCUT2D eigenvalue weighted by atomic mass is 10.7. The molecule has 0 atom stereocenters. The number of alkyl halides is 3. The summed E-state index contributed by atoms with van der Waals surface area (Å²) in [5, 5.41) is 5.13. The van der Waals surface area contributed by atoms with Crippen LogP contribution in [0.5, 0.6) is 0 Å². The van der Waals surface area contributed by atoms with Crippen molar-refractivity contribution in [2.24, 2.45) is 0 Å². The number of ether oxygens (including phenoxy) is 1. The van der Waals surface area contributed by atoms with Crippen molar-refractivity contribution in [3.63, 3.8) is 0 Å². The van der Waals surface area contributed by atoms with E-state index < -0.39 is 18.9 Å². The molecule has 9 heteroatoms. The molecule has 0 saturated heterocycles. The molecule has 1 heterocycles. The number of halogens is 3. The van der Waals surface area contributed by atoms with E-state index in [4.69, 9.17) is 0 Å². The van der Waals surface area contributed by atoms with E-state index in [1.807, 2.05) is 5.32 Å². The highest BCUT2D eigenvalue weighted by molar-refractivity contribution is 5.81. The summed E-state index contributed by atoms with van der Waals surface area (Å²) in [5.74, 6) is 0.237. The van der Waals surface area contributed by atoms with Crippen LogP contribution in [0.4, 0.5) is 24.0 Å². The molecule has 0 aromatic carbocycles. The molecule has 0 radical (unpaired) electrons. The molecule has 0 fully saturated rings. The molecule has 0 aliphatic rings. The number of hydrogen-bond acceptors (Lipinski definition) is 5. The van der Waals surface area contributed by atoms with Crippen molar-refractivity contribution < 1.29 is 27.2 Å². The van der Waals surface area contributed by atoms with E-state index in [-0.39, 0.29) is 11.8 Å². The summed E-state index contributed by atoms with van der Waals surface area (Å²) in [5.41, 5.74) is 0. The minimum absolute atomic E-state index is 0.237. The topological polar surface area (TPSA) is 77.2 Å². The van der Waals surface area contributed by atoms with Crippen molar-refractivity contribution in [1.29, 1.82) is 0 Å². The summed E-state index contributed by atoms with van der Waals surface area (Å²) in [6.45, 7) is -0.193. The van der Waals surface area contributed by atoms with Gasteiger partial charge in [0.15, 0.2) is 12.4 Å². The van der Waals surface area contributed by atoms with Gasteiger partial charge in [0.2, 0.25) is 0 Å². The van der Waals surface area contributed by atoms with Crippen molar-refractivity contribution >= 4 is 12.1 Å². The van der Waals surface area contributed by atoms with E-state index in [0.29, 0.717) is 0 Å². The number of aryl methyl sites for hydroxylation is 1. The van der Waals surface area contributed by atoms with E-state index in [1.54, 1.807) is 0 Å². The molecule has 84 valence electrons. The largest absolute Gasteiger partial charge is 0.440 e. The van der Waals surface area contributed by atoms with E-state index in [9.17, 15) is 18.0 Å². The van der Waals surface area contributed by atoms with Gasteiger partial charge in [0.1, 0.15) is 0 Å². The van der Waals surface area contributed by atoms with Gasteiger partial charge in [-0.05, 0) is 6.92 Å². The van der Waals surface area contributed by atoms with Crippen molar-refractivity contribution in [2.75, 3.05) is 11.9 Å². The predicted octanol–water partition coefficient (Wildman–Crippen LogP) is 1.49. The first kappa shape index (κ1) is 11.3. The van der Waals surface area contributed by atoms with Crippen LogP contribution in [0.15, 0.2) is 4.52 Å². The number of anilines is 1. The average Bonchev–Trinajstić information content (AvgIpc) is 2.47. The van der Waals surface area contributed by atoms with Gasteiger partial charge >= 0.3 is 18.3 Å². The summed E-state index contributed by atoms with van der Waals surface area (Å²) in [6, 6.07) is -0.320. The zero-order chi connectivity index (χ0) is 11.5. The highest BCUT2D eigenvalue weighted by atomic mass is 19.4. The molecule has 0 spiro atoms. The van der Waals surface area contributed by atoms with Crippen LogP contribution in [0.2, 0.25) is 0 Å². The number of carbonyl (C=O) groups excluding carboxylic acids is 1. The quantitative estimate of drug-likeness (QED) is 0.824. The van der Waals surface area contributed by atoms with Gasteiger partial charge in [-0.2, -0.15) is 18.2 Å². The second-order valence-corrected chi connectivity index (χ2v) is 2.46. The molecule has 1 aromatic heterocycles. The van der Waals surface area contributed by atoms with Gasteiger partial charge in [-0.3, -0.25) is 0 Å². The number of carbonyl (C=O) groups is 1. The lowest BCUT2D eigenvalue weighted by Crippen LogP contribution is -2.23. The van der Waals surface area contributed by atoms with Gasteiger partial charge in [0, 0.05) is 0 Å². The molecule has 0 saturated carbocycles. The third-order valence-electron chi connectivity index (χ3n) is 1.10. The molecule has 0 unspecified atom stereocenters. The van der Waals surface area contributed by atoms with E-state index >= 15 is 0 Å². The Hall–Kier alpha value is -1.80. The molecule has 1 aromatic rings. The molecular formula is C6H6F3N3O3. The Morgan fingerprint density at radius 1 is 1.60 bits per heavy atom. The summed E-state index contributed by atoms with van der Waals surface area (Å²) in [7, 11) is 0. The Morgan fingerprint density at radius 2 is 2.27 bits per heavy atom. The van der Waals surface area contributed by atoms with Crippen LogP contribution in [0.3, 0.4) is 0 Å². The number of rotatable bonds is 2. The van der Waals surface area contributed by atoms with Crippen molar-refractivity contribution in [2.45, 2.75) is 13.1 Å². The van der Waals surface area contributed by atoms with Gasteiger partial charge in [-0.1, -0.05) is 5.16 Å². The number of hydrogen-bond donors (Lipinski definition) is 1. The van der Waals surface area contributed by atoms with Crippen LogP contribution < -0.4 is 5.32 Å². The van der Waals surface area contributed by atoms with Gasteiger partial charge in [0.25, 0.3) is 0 Å². The van der Waals surface area contributed by atoms with Gasteiger partial charge in [-0.15, -0.1) is 0 Å². The molecule has 0 bridgehead atoms. The molecule has 6 nitrogen and oxygen atoms in total. The first-order valence-corrected chi connectivity index (χ1v) is 3.67. The fourth-order valence-electron chi connectivity index (χ4n) is 0.619. The Morgan fingerprint density at radius 3 is 2.73 bits per heavy atom. The lowest BCUT2D eigenvalue weighted by Gasteiger charge is -2.06. The highest BCUT2D eigenvalue weighted by Crippen LogP contribution is 2.14. The molecule has 0 aliphatic carbocycles. The van der Waals surface area contributed by atoms with Crippen LogP contribution in [0.25, 0.3) is 0 Å². The minimum atomic E-state index is -4.57. The smallest absolute Gasteiger partial charge is 0.422 e. The first-order chi connectivity index (χ1) is 6.87. The van der Waals surface area contributed by atoms with E-state index in [2.05, 4.69) is 19.4 Å². The van der Waals surface area contributed by atoms with E-state index in [1.165, 1.54) is 6.92 Å².